The number of methoxy groups -OCH3 is 2. The van der Waals surface area contributed by atoms with Crippen molar-refractivity contribution >= 4 is 22.0 Å². The molecule has 9 heteroatoms. The number of carboxylic acid groups (broad SMARTS) is 1. The Labute approximate surface area is 134 Å². The van der Waals surface area contributed by atoms with E-state index in [-0.39, 0.29) is 22.6 Å². The molecule has 0 aromatic heterocycles. The molecule has 1 atom stereocenters. The molecule has 0 saturated carbocycles. The van der Waals surface area contributed by atoms with E-state index in [0.29, 0.717) is 6.42 Å². The summed E-state index contributed by atoms with van der Waals surface area (Å²) in [5, 5.41) is 9.05. The highest BCUT2D eigenvalue weighted by Crippen LogP contribution is 2.24. The van der Waals surface area contributed by atoms with Gasteiger partial charge in [-0.1, -0.05) is 13.3 Å². The second-order valence-electron chi connectivity index (χ2n) is 4.65. The van der Waals surface area contributed by atoms with Crippen molar-refractivity contribution in [1.29, 1.82) is 0 Å². The smallest absolute Gasteiger partial charge is 0.341 e. The summed E-state index contributed by atoms with van der Waals surface area (Å²) < 4.78 is 36.3. The van der Waals surface area contributed by atoms with Crippen LogP contribution in [-0.4, -0.2) is 45.7 Å². The van der Waals surface area contributed by atoms with Crippen molar-refractivity contribution in [2.24, 2.45) is 0 Å². The highest BCUT2D eigenvalue weighted by atomic mass is 32.2. The third-order valence-electron chi connectivity index (χ3n) is 3.06. The summed E-state index contributed by atoms with van der Waals surface area (Å²) >= 11 is 0. The molecule has 2 N–H and O–H groups in total. The number of ether oxygens (including phenoxy) is 2. The van der Waals surface area contributed by atoms with Crippen LogP contribution in [0.15, 0.2) is 23.1 Å². The van der Waals surface area contributed by atoms with Crippen molar-refractivity contribution in [1.82, 2.24) is 4.72 Å². The van der Waals surface area contributed by atoms with E-state index >= 15 is 0 Å². The summed E-state index contributed by atoms with van der Waals surface area (Å²) in [4.78, 5) is 22.4. The van der Waals surface area contributed by atoms with Crippen LogP contribution in [0.3, 0.4) is 0 Å². The van der Waals surface area contributed by atoms with Gasteiger partial charge >= 0.3 is 11.9 Å². The van der Waals surface area contributed by atoms with Crippen molar-refractivity contribution in [3.05, 3.63) is 23.8 Å². The molecule has 0 heterocycles. The number of rotatable bonds is 8. The van der Waals surface area contributed by atoms with E-state index in [2.05, 4.69) is 9.46 Å². The van der Waals surface area contributed by atoms with Crippen molar-refractivity contribution in [3.8, 4) is 5.75 Å². The maximum atomic E-state index is 12.3. The van der Waals surface area contributed by atoms with Crippen LogP contribution in [0.1, 0.15) is 30.1 Å². The number of benzene rings is 1. The van der Waals surface area contributed by atoms with Gasteiger partial charge in [-0.3, -0.25) is 4.79 Å². The molecule has 0 amide bonds. The third kappa shape index (κ3) is 4.67. The molecule has 0 saturated heterocycles. The quantitative estimate of drug-likeness (QED) is 0.675. The Morgan fingerprint density at radius 1 is 1.30 bits per heavy atom. The fourth-order valence-corrected chi connectivity index (χ4v) is 3.13. The largest absolute Gasteiger partial charge is 0.496 e. The highest BCUT2D eigenvalue weighted by molar-refractivity contribution is 7.89. The number of hydrogen-bond donors (Lipinski definition) is 2. The summed E-state index contributed by atoms with van der Waals surface area (Å²) in [6.45, 7) is 1.75. The first kappa shape index (κ1) is 18.9. The number of nitrogens with one attached hydrogen (secondary N) is 1. The lowest BCUT2D eigenvalue weighted by Crippen LogP contribution is -2.40. The van der Waals surface area contributed by atoms with Crippen molar-refractivity contribution in [2.45, 2.75) is 30.7 Å². The van der Waals surface area contributed by atoms with Gasteiger partial charge in [0.1, 0.15) is 17.4 Å². The molecular formula is C14H19NO7S. The fourth-order valence-electron chi connectivity index (χ4n) is 1.89. The first-order valence-electron chi connectivity index (χ1n) is 6.78. The minimum atomic E-state index is -4.07. The van der Waals surface area contributed by atoms with Crippen molar-refractivity contribution < 1.29 is 32.6 Å². The number of esters is 1. The first-order chi connectivity index (χ1) is 10.8. The van der Waals surface area contributed by atoms with Crippen LogP contribution in [0.2, 0.25) is 0 Å². The van der Waals surface area contributed by atoms with E-state index < -0.39 is 28.0 Å². The lowest BCUT2D eigenvalue weighted by Gasteiger charge is -2.15. The van der Waals surface area contributed by atoms with Gasteiger partial charge in [-0.05, 0) is 18.6 Å². The topological polar surface area (TPSA) is 119 Å². The van der Waals surface area contributed by atoms with E-state index in [4.69, 9.17) is 9.84 Å². The Balaban J connectivity index is 3.18. The van der Waals surface area contributed by atoms with Gasteiger partial charge in [-0.25, -0.2) is 13.2 Å². The molecule has 1 aromatic rings. The predicted octanol–water partition coefficient (Wildman–Crippen LogP) is 1.01. The molecule has 0 aliphatic heterocycles. The molecule has 1 unspecified atom stereocenters. The minimum absolute atomic E-state index is 0.0158. The van der Waals surface area contributed by atoms with Crippen LogP contribution in [0.4, 0.5) is 0 Å². The Morgan fingerprint density at radius 2 is 1.96 bits per heavy atom. The monoisotopic (exact) mass is 345 g/mol. The average Bonchev–Trinajstić information content (AvgIpc) is 2.52. The molecule has 0 bridgehead atoms. The normalized spacial score (nSPS) is 12.5. The predicted molar refractivity (Wildman–Crippen MR) is 81.0 cm³/mol. The number of sulfonamides is 1. The zero-order valence-corrected chi connectivity index (χ0v) is 13.8. The number of carboxylic acids is 1. The molecule has 1 rings (SSSR count). The van der Waals surface area contributed by atoms with Crippen LogP contribution in [0, 0.1) is 0 Å². The maximum Gasteiger partial charge on any atom is 0.341 e. The van der Waals surface area contributed by atoms with Gasteiger partial charge in [-0.15, -0.1) is 0 Å². The molecule has 0 radical (unpaired) electrons. The summed E-state index contributed by atoms with van der Waals surface area (Å²) in [6.07, 6.45) is 0.663. The Hall–Kier alpha value is -2.13. The van der Waals surface area contributed by atoms with Gasteiger partial charge in [-0.2, -0.15) is 4.72 Å². The van der Waals surface area contributed by atoms with Gasteiger partial charge < -0.3 is 14.6 Å². The van der Waals surface area contributed by atoms with E-state index in [9.17, 15) is 18.0 Å². The molecule has 1 aromatic carbocycles. The van der Waals surface area contributed by atoms with Gasteiger partial charge in [0, 0.05) is 6.07 Å². The molecule has 0 fully saturated rings. The Bertz CT molecular complexity index is 684. The molecule has 0 aliphatic rings. The van der Waals surface area contributed by atoms with Crippen molar-refractivity contribution in [3.63, 3.8) is 0 Å². The zero-order chi connectivity index (χ0) is 17.6. The third-order valence-corrected chi connectivity index (χ3v) is 4.53. The summed E-state index contributed by atoms with van der Waals surface area (Å²) in [5.41, 5.74) is 0.0669. The first-order valence-corrected chi connectivity index (χ1v) is 8.26. The fraction of sp³-hybridized carbons (Fsp3) is 0.429. The summed E-state index contributed by atoms with van der Waals surface area (Å²) in [5.74, 6) is -1.91. The molecule has 0 aliphatic carbocycles. The van der Waals surface area contributed by atoms with Crippen LogP contribution < -0.4 is 9.46 Å². The maximum absolute atomic E-state index is 12.3. The van der Waals surface area contributed by atoms with E-state index in [1.54, 1.807) is 6.92 Å². The molecular weight excluding hydrogens is 326 g/mol. The Kier molecular flexibility index (Phi) is 6.52. The second kappa shape index (κ2) is 7.93. The molecule has 128 valence electrons. The molecule has 23 heavy (non-hydrogen) atoms. The number of carbonyl (C=O) groups excluding carboxylic acids is 1. The van der Waals surface area contributed by atoms with Gasteiger partial charge in [0.15, 0.2) is 0 Å². The van der Waals surface area contributed by atoms with E-state index in [1.165, 1.54) is 26.4 Å². The number of carbonyl (C=O) groups is 2. The number of hydrogen-bond acceptors (Lipinski definition) is 6. The lowest BCUT2D eigenvalue weighted by molar-refractivity contribution is -0.139. The summed E-state index contributed by atoms with van der Waals surface area (Å²) in [6, 6.07) is 2.34. The average molecular weight is 345 g/mol. The van der Waals surface area contributed by atoms with Crippen LogP contribution in [0.25, 0.3) is 0 Å². The van der Waals surface area contributed by atoms with Crippen LogP contribution in [-0.2, 0) is 19.6 Å². The second-order valence-corrected chi connectivity index (χ2v) is 6.37. The van der Waals surface area contributed by atoms with E-state index in [1.807, 2.05) is 0 Å². The minimum Gasteiger partial charge on any atom is -0.496 e. The number of aliphatic carboxylic acids is 1. The van der Waals surface area contributed by atoms with Gasteiger partial charge in [0.25, 0.3) is 0 Å². The lowest BCUT2D eigenvalue weighted by atomic mass is 10.2. The SMILES string of the molecule is CCCC(NS(=O)(=O)c1ccc(C(=O)OC)c(OC)c1)C(=O)O. The zero-order valence-electron chi connectivity index (χ0n) is 13.0. The van der Waals surface area contributed by atoms with E-state index in [0.717, 1.165) is 6.07 Å². The van der Waals surface area contributed by atoms with Gasteiger partial charge in [0.05, 0.1) is 19.1 Å². The standard InChI is InChI=1S/C14H19NO7S/c1-4-5-11(13(16)17)15-23(19,20)9-6-7-10(14(18)22-3)12(8-9)21-2/h6-8,11,15H,4-5H2,1-3H3,(H,16,17). The molecule has 8 nitrogen and oxygen atoms in total. The Morgan fingerprint density at radius 3 is 2.43 bits per heavy atom. The summed E-state index contributed by atoms with van der Waals surface area (Å²) in [7, 11) is -1.60. The van der Waals surface area contributed by atoms with Crippen LogP contribution >= 0.6 is 0 Å². The van der Waals surface area contributed by atoms with Crippen LogP contribution in [0.5, 0.6) is 5.75 Å². The van der Waals surface area contributed by atoms with Crippen molar-refractivity contribution in [2.75, 3.05) is 14.2 Å². The highest BCUT2D eigenvalue weighted by Gasteiger charge is 2.26. The molecule has 0 spiro atoms. The van der Waals surface area contributed by atoms with Gasteiger partial charge in [0.2, 0.25) is 10.0 Å².